The molecule has 4 aliphatic heterocycles. The smallest absolute Gasteiger partial charge is 0.320 e. The Hall–Kier alpha value is -0.810. The van der Waals surface area contributed by atoms with Crippen LogP contribution in [-0.2, 0) is 0 Å². The van der Waals surface area contributed by atoms with Gasteiger partial charge in [0.2, 0.25) is 0 Å². The molecule has 2 atom stereocenters. The van der Waals surface area contributed by atoms with E-state index in [1.165, 1.54) is 6.42 Å². The molecule has 0 spiro atoms. The number of fused-ring (bicyclic) bond motifs is 2. The summed E-state index contributed by atoms with van der Waals surface area (Å²) in [4.78, 5) is 21.9. The van der Waals surface area contributed by atoms with Crippen LogP contribution in [0.25, 0.3) is 0 Å². The molecular weight excluding hydrogens is 264 g/mol. The third kappa shape index (κ3) is 2.78. The fourth-order valence-corrected chi connectivity index (χ4v) is 4.27. The minimum atomic E-state index is 0.275. The summed E-state index contributed by atoms with van der Waals surface area (Å²) >= 11 is 0. The molecule has 120 valence electrons. The first-order valence-corrected chi connectivity index (χ1v) is 8.52. The third-order valence-electron chi connectivity index (χ3n) is 5.43. The van der Waals surface area contributed by atoms with Crippen molar-refractivity contribution in [2.45, 2.75) is 58.3 Å². The van der Waals surface area contributed by atoms with Crippen LogP contribution in [-0.4, -0.2) is 89.1 Å². The predicted octanol–water partition coefficient (Wildman–Crippen LogP) is 1.30. The molecule has 0 aliphatic carbocycles. The van der Waals surface area contributed by atoms with Gasteiger partial charge < -0.3 is 9.80 Å². The van der Waals surface area contributed by atoms with E-state index in [0.29, 0.717) is 24.2 Å². The molecule has 2 unspecified atom stereocenters. The topological polar surface area (TPSA) is 30.0 Å². The highest BCUT2D eigenvalue weighted by molar-refractivity contribution is 5.75. The Morgan fingerprint density at radius 1 is 0.857 bits per heavy atom. The molecule has 0 N–H and O–H groups in total. The van der Waals surface area contributed by atoms with Gasteiger partial charge in [0.05, 0.1) is 0 Å². The largest absolute Gasteiger partial charge is 0.322 e. The molecule has 0 radical (unpaired) electrons. The van der Waals surface area contributed by atoms with E-state index in [-0.39, 0.29) is 6.03 Å². The minimum absolute atomic E-state index is 0.275. The van der Waals surface area contributed by atoms with E-state index in [1.807, 2.05) is 0 Å². The van der Waals surface area contributed by atoms with Gasteiger partial charge in [-0.2, -0.15) is 0 Å². The Kier molecular flexibility index (Phi) is 4.14. The van der Waals surface area contributed by atoms with Gasteiger partial charge in [0.1, 0.15) is 0 Å². The van der Waals surface area contributed by atoms with Crippen LogP contribution < -0.4 is 0 Å². The lowest BCUT2D eigenvalue weighted by atomic mass is 9.86. The number of hydrogen-bond donors (Lipinski definition) is 0. The van der Waals surface area contributed by atoms with Gasteiger partial charge >= 0.3 is 6.03 Å². The molecule has 4 aliphatic rings. The Morgan fingerprint density at radius 2 is 1.43 bits per heavy atom. The Morgan fingerprint density at radius 3 is 1.90 bits per heavy atom. The molecule has 4 rings (SSSR count). The highest BCUT2D eigenvalue weighted by atomic mass is 16.2. The van der Waals surface area contributed by atoms with E-state index in [4.69, 9.17) is 0 Å². The standard InChI is InChI=1S/C16H30N4O/c1-12(2)17-5-7-18(8-6-17)16(21)19-10-14-9-15(11-19)20(14)13(3)4/h12-15H,5-11H2,1-4H3. The minimum Gasteiger partial charge on any atom is -0.322 e. The van der Waals surface area contributed by atoms with Crippen molar-refractivity contribution >= 4 is 6.03 Å². The number of nitrogens with zero attached hydrogens (tertiary/aromatic N) is 4. The second kappa shape index (κ2) is 5.76. The SMILES string of the molecule is CC(C)N1CCN(C(=O)N2CC3CC(C2)N3C(C)C)CC1. The van der Waals surface area contributed by atoms with Gasteiger partial charge in [-0.05, 0) is 34.1 Å². The first-order chi connectivity index (χ1) is 9.97. The van der Waals surface area contributed by atoms with Crippen LogP contribution in [0.1, 0.15) is 34.1 Å². The second-order valence-corrected chi connectivity index (χ2v) is 7.39. The summed E-state index contributed by atoms with van der Waals surface area (Å²) in [7, 11) is 0. The average Bonchev–Trinajstić information content (AvgIpc) is 2.46. The summed E-state index contributed by atoms with van der Waals surface area (Å²) in [6.45, 7) is 14.7. The third-order valence-corrected chi connectivity index (χ3v) is 5.43. The zero-order valence-corrected chi connectivity index (χ0v) is 14.0. The lowest BCUT2D eigenvalue weighted by Crippen LogP contribution is -2.72. The van der Waals surface area contributed by atoms with Gasteiger partial charge in [-0.25, -0.2) is 4.79 Å². The van der Waals surface area contributed by atoms with E-state index >= 15 is 0 Å². The summed E-state index contributed by atoms with van der Waals surface area (Å²) in [5, 5.41) is 0. The maximum absolute atomic E-state index is 12.7. The van der Waals surface area contributed by atoms with Crippen molar-refractivity contribution in [2.24, 2.45) is 0 Å². The molecule has 0 saturated carbocycles. The number of piperidine rings is 1. The summed E-state index contributed by atoms with van der Waals surface area (Å²) in [6.07, 6.45) is 1.28. The van der Waals surface area contributed by atoms with E-state index < -0.39 is 0 Å². The predicted molar refractivity (Wildman–Crippen MR) is 84.4 cm³/mol. The van der Waals surface area contributed by atoms with Crippen molar-refractivity contribution in [3.8, 4) is 0 Å². The lowest BCUT2D eigenvalue weighted by molar-refractivity contribution is -0.0786. The van der Waals surface area contributed by atoms with Crippen LogP contribution >= 0.6 is 0 Å². The molecule has 2 bridgehead atoms. The molecule has 21 heavy (non-hydrogen) atoms. The molecule has 4 saturated heterocycles. The summed E-state index contributed by atoms with van der Waals surface area (Å²) in [6, 6.07) is 2.68. The first kappa shape index (κ1) is 15.1. The number of hydrogen-bond acceptors (Lipinski definition) is 3. The van der Waals surface area contributed by atoms with Gasteiger partial charge in [0.25, 0.3) is 0 Å². The van der Waals surface area contributed by atoms with Gasteiger partial charge in [0, 0.05) is 63.4 Å². The Bertz CT molecular complexity index is 378. The highest BCUT2D eigenvalue weighted by Gasteiger charge is 2.47. The van der Waals surface area contributed by atoms with Crippen LogP contribution in [0.15, 0.2) is 0 Å². The van der Waals surface area contributed by atoms with E-state index in [0.717, 1.165) is 39.3 Å². The number of amides is 2. The number of piperazine rings is 2. The van der Waals surface area contributed by atoms with Crippen molar-refractivity contribution in [3.05, 3.63) is 0 Å². The molecule has 5 heteroatoms. The summed E-state index contributed by atoms with van der Waals surface area (Å²) in [5.74, 6) is 0. The van der Waals surface area contributed by atoms with E-state index in [1.54, 1.807) is 0 Å². The van der Waals surface area contributed by atoms with E-state index in [9.17, 15) is 4.79 Å². The van der Waals surface area contributed by atoms with Crippen molar-refractivity contribution < 1.29 is 4.79 Å². The number of carbonyl (C=O) groups excluding carboxylic acids is 1. The van der Waals surface area contributed by atoms with Crippen molar-refractivity contribution in [2.75, 3.05) is 39.3 Å². The number of rotatable bonds is 2. The Labute approximate surface area is 128 Å². The first-order valence-electron chi connectivity index (χ1n) is 8.52. The van der Waals surface area contributed by atoms with E-state index in [2.05, 4.69) is 47.3 Å². The summed E-state index contributed by atoms with van der Waals surface area (Å²) < 4.78 is 0. The summed E-state index contributed by atoms with van der Waals surface area (Å²) in [5.41, 5.74) is 0. The number of urea groups is 1. The van der Waals surface area contributed by atoms with Crippen LogP contribution in [0.5, 0.6) is 0 Å². The van der Waals surface area contributed by atoms with Gasteiger partial charge in [-0.1, -0.05) is 0 Å². The molecule has 0 aromatic rings. The fraction of sp³-hybridized carbons (Fsp3) is 0.938. The molecule has 0 aromatic carbocycles. The zero-order valence-electron chi connectivity index (χ0n) is 14.0. The highest BCUT2D eigenvalue weighted by Crippen LogP contribution is 2.34. The van der Waals surface area contributed by atoms with Crippen LogP contribution in [0, 0.1) is 0 Å². The van der Waals surface area contributed by atoms with Gasteiger partial charge in [-0.3, -0.25) is 9.80 Å². The maximum atomic E-state index is 12.7. The van der Waals surface area contributed by atoms with Crippen molar-refractivity contribution in [3.63, 3.8) is 0 Å². The monoisotopic (exact) mass is 294 g/mol. The van der Waals surface area contributed by atoms with Gasteiger partial charge in [0.15, 0.2) is 0 Å². The Balaban J connectivity index is 1.52. The fourth-order valence-electron chi connectivity index (χ4n) is 4.27. The average molecular weight is 294 g/mol. The normalized spacial score (nSPS) is 31.0. The molecule has 0 aromatic heterocycles. The van der Waals surface area contributed by atoms with Crippen molar-refractivity contribution in [1.29, 1.82) is 0 Å². The second-order valence-electron chi connectivity index (χ2n) is 7.39. The van der Waals surface area contributed by atoms with Crippen LogP contribution in [0.2, 0.25) is 0 Å². The molecule has 4 fully saturated rings. The number of carbonyl (C=O) groups is 1. The quantitative estimate of drug-likeness (QED) is 0.769. The molecule has 2 amide bonds. The molecule has 5 nitrogen and oxygen atoms in total. The molecule has 4 heterocycles. The van der Waals surface area contributed by atoms with Gasteiger partial charge in [-0.15, -0.1) is 0 Å². The molecular formula is C16H30N4O. The van der Waals surface area contributed by atoms with Crippen molar-refractivity contribution in [1.82, 2.24) is 19.6 Å². The van der Waals surface area contributed by atoms with Crippen LogP contribution in [0.3, 0.4) is 0 Å². The lowest BCUT2D eigenvalue weighted by Gasteiger charge is -2.58. The van der Waals surface area contributed by atoms with Crippen LogP contribution in [0.4, 0.5) is 4.79 Å². The zero-order chi connectivity index (χ0) is 15.1. The maximum Gasteiger partial charge on any atom is 0.320 e.